The van der Waals surface area contributed by atoms with Crippen molar-refractivity contribution in [3.8, 4) is 0 Å². The van der Waals surface area contributed by atoms with Crippen molar-refractivity contribution in [3.63, 3.8) is 0 Å². The van der Waals surface area contributed by atoms with E-state index in [4.69, 9.17) is 0 Å². The number of nitrogens with zero attached hydrogens (tertiary/aromatic N) is 1. The molecule has 0 aromatic carbocycles. The molecule has 6 unspecified atom stereocenters. The maximum absolute atomic E-state index is 2.96. The Bertz CT molecular complexity index is 410. The molecule has 3 saturated carbocycles. The summed E-state index contributed by atoms with van der Waals surface area (Å²) in [7, 11) is 0. The van der Waals surface area contributed by atoms with Crippen molar-refractivity contribution in [1.82, 2.24) is 4.90 Å². The van der Waals surface area contributed by atoms with Crippen LogP contribution in [0.2, 0.25) is 0 Å². The Morgan fingerprint density at radius 3 is 2.26 bits per heavy atom. The van der Waals surface area contributed by atoms with Crippen molar-refractivity contribution in [2.24, 2.45) is 28.6 Å². The van der Waals surface area contributed by atoms with Gasteiger partial charge in [0.15, 0.2) is 0 Å². The second-order valence-electron chi connectivity index (χ2n) is 10.0. The van der Waals surface area contributed by atoms with Gasteiger partial charge < -0.3 is 0 Å². The summed E-state index contributed by atoms with van der Waals surface area (Å²) in [4.78, 5) is 2.96. The third-order valence-corrected chi connectivity index (χ3v) is 7.01. The van der Waals surface area contributed by atoms with E-state index < -0.39 is 0 Å². The van der Waals surface area contributed by atoms with Crippen molar-refractivity contribution in [2.45, 2.75) is 84.8 Å². The average molecular weight is 261 g/mol. The van der Waals surface area contributed by atoms with Gasteiger partial charge in [-0.05, 0) is 75.0 Å². The lowest BCUT2D eigenvalue weighted by Crippen LogP contribution is -2.54. The lowest BCUT2D eigenvalue weighted by Gasteiger charge is -2.48. The van der Waals surface area contributed by atoms with Gasteiger partial charge in [0.25, 0.3) is 0 Å². The molecule has 1 saturated heterocycles. The fourth-order valence-corrected chi connectivity index (χ4v) is 6.73. The van der Waals surface area contributed by atoms with Crippen LogP contribution in [-0.4, -0.2) is 22.5 Å². The Balaban J connectivity index is 1.79. The fraction of sp³-hybridized carbons (Fsp3) is 1.00. The molecule has 0 amide bonds. The highest BCUT2D eigenvalue weighted by Gasteiger charge is 2.79. The molecule has 4 fully saturated rings. The Labute approximate surface area is 119 Å². The molecule has 6 atom stereocenters. The molecule has 3 aliphatic carbocycles. The van der Waals surface area contributed by atoms with E-state index >= 15 is 0 Å². The third-order valence-electron chi connectivity index (χ3n) is 7.01. The summed E-state index contributed by atoms with van der Waals surface area (Å²) in [6.45, 7) is 14.8. The fourth-order valence-electron chi connectivity index (χ4n) is 6.73. The van der Waals surface area contributed by atoms with E-state index in [2.05, 4.69) is 46.4 Å². The predicted octanol–water partition coefficient (Wildman–Crippen LogP) is 4.32. The van der Waals surface area contributed by atoms with Crippen LogP contribution < -0.4 is 0 Å². The number of hydrogen-bond donors (Lipinski definition) is 0. The number of fused-ring (bicyclic) bond motifs is 3. The summed E-state index contributed by atoms with van der Waals surface area (Å²) in [6, 6.07) is 1.75. The molecular weight excluding hydrogens is 230 g/mol. The summed E-state index contributed by atoms with van der Waals surface area (Å²) in [5, 5.41) is 0. The number of piperidine rings is 1. The van der Waals surface area contributed by atoms with Gasteiger partial charge in [0.1, 0.15) is 0 Å². The second-order valence-corrected chi connectivity index (χ2v) is 10.0. The highest BCUT2D eigenvalue weighted by atomic mass is 15.3. The molecule has 0 aromatic rings. The van der Waals surface area contributed by atoms with Gasteiger partial charge in [0, 0.05) is 17.6 Å². The van der Waals surface area contributed by atoms with E-state index in [0.29, 0.717) is 11.0 Å². The van der Waals surface area contributed by atoms with Crippen molar-refractivity contribution in [3.05, 3.63) is 0 Å². The van der Waals surface area contributed by atoms with E-state index in [-0.39, 0.29) is 0 Å². The number of hydrogen-bond acceptors (Lipinski definition) is 1. The van der Waals surface area contributed by atoms with E-state index in [1.807, 2.05) is 0 Å². The van der Waals surface area contributed by atoms with Gasteiger partial charge in [-0.25, -0.2) is 0 Å². The summed E-state index contributed by atoms with van der Waals surface area (Å²) in [5.74, 6) is 3.17. The monoisotopic (exact) mass is 261 g/mol. The molecule has 4 rings (SSSR count). The summed E-state index contributed by atoms with van der Waals surface area (Å²) < 4.78 is 0. The van der Waals surface area contributed by atoms with E-state index in [1.165, 1.54) is 12.8 Å². The van der Waals surface area contributed by atoms with Crippen molar-refractivity contribution >= 4 is 0 Å². The first-order valence-corrected chi connectivity index (χ1v) is 8.46. The first-order valence-electron chi connectivity index (χ1n) is 8.46. The van der Waals surface area contributed by atoms with Crippen LogP contribution >= 0.6 is 0 Å². The standard InChI is InChI=1S/C18H31N/c1-16(2,3)15-14-11-7-8-12(9-11)18(14)10-13(18)19(15)17(4,5)6/h11-15H,7-10H2,1-6H3. The average Bonchev–Trinajstić information content (AvgIpc) is 2.64. The minimum absolute atomic E-state index is 0.343. The predicted molar refractivity (Wildman–Crippen MR) is 80.0 cm³/mol. The van der Waals surface area contributed by atoms with Crippen molar-refractivity contribution < 1.29 is 0 Å². The zero-order valence-corrected chi connectivity index (χ0v) is 13.7. The molecule has 0 radical (unpaired) electrons. The van der Waals surface area contributed by atoms with Crippen molar-refractivity contribution in [1.29, 1.82) is 0 Å². The van der Waals surface area contributed by atoms with E-state index in [0.717, 1.165) is 35.3 Å². The molecule has 1 nitrogen and oxygen atoms in total. The molecule has 1 heteroatoms. The van der Waals surface area contributed by atoms with Crippen LogP contribution in [0.15, 0.2) is 0 Å². The lowest BCUT2D eigenvalue weighted by atomic mass is 9.67. The molecule has 108 valence electrons. The lowest BCUT2D eigenvalue weighted by molar-refractivity contribution is 0.000399. The first-order chi connectivity index (χ1) is 8.67. The minimum Gasteiger partial charge on any atom is -0.291 e. The molecule has 1 heterocycles. The summed E-state index contributed by atoms with van der Waals surface area (Å²) in [5.41, 5.74) is 1.55. The normalized spacial score (nSPS) is 52.4. The SMILES string of the molecule is CC(C)(C)C1C2C3CCC(C3)C23CC3N1C(C)(C)C. The highest BCUT2D eigenvalue weighted by molar-refractivity contribution is 5.31. The quantitative estimate of drug-likeness (QED) is 0.627. The maximum Gasteiger partial charge on any atom is 0.0189 e. The number of likely N-dealkylation sites (tertiary alicyclic amines) is 1. The zero-order valence-electron chi connectivity index (χ0n) is 13.7. The zero-order chi connectivity index (χ0) is 13.8. The van der Waals surface area contributed by atoms with E-state index in [9.17, 15) is 0 Å². The van der Waals surface area contributed by atoms with Crippen molar-refractivity contribution in [2.75, 3.05) is 0 Å². The van der Waals surface area contributed by atoms with Gasteiger partial charge >= 0.3 is 0 Å². The molecule has 4 aliphatic rings. The second kappa shape index (κ2) is 3.24. The Hall–Kier alpha value is -0.0400. The maximum atomic E-state index is 2.96. The van der Waals surface area contributed by atoms with Gasteiger partial charge in [-0.2, -0.15) is 0 Å². The van der Waals surface area contributed by atoms with E-state index in [1.54, 1.807) is 12.8 Å². The van der Waals surface area contributed by atoms with Gasteiger partial charge in [-0.3, -0.25) is 4.90 Å². The summed E-state index contributed by atoms with van der Waals surface area (Å²) >= 11 is 0. The smallest absolute Gasteiger partial charge is 0.0189 e. The highest BCUT2D eigenvalue weighted by Crippen LogP contribution is 2.79. The Morgan fingerprint density at radius 2 is 1.68 bits per heavy atom. The van der Waals surface area contributed by atoms with Crippen LogP contribution in [-0.2, 0) is 0 Å². The molecule has 0 aromatic heterocycles. The van der Waals surface area contributed by atoms with Crippen LogP contribution in [0.5, 0.6) is 0 Å². The molecule has 2 bridgehead atoms. The van der Waals surface area contributed by atoms with Crippen LogP contribution in [0.3, 0.4) is 0 Å². The number of rotatable bonds is 0. The molecular formula is C18H31N. The summed E-state index contributed by atoms with van der Waals surface area (Å²) in [6.07, 6.45) is 6.19. The van der Waals surface area contributed by atoms with Crippen LogP contribution in [0.4, 0.5) is 0 Å². The van der Waals surface area contributed by atoms with Gasteiger partial charge in [0.2, 0.25) is 0 Å². The third kappa shape index (κ3) is 1.36. The van der Waals surface area contributed by atoms with Crippen LogP contribution in [0.25, 0.3) is 0 Å². The Morgan fingerprint density at radius 1 is 1.00 bits per heavy atom. The van der Waals surface area contributed by atoms with Crippen LogP contribution in [0.1, 0.15) is 67.2 Å². The largest absolute Gasteiger partial charge is 0.291 e. The first kappa shape index (κ1) is 12.7. The van der Waals surface area contributed by atoms with Gasteiger partial charge in [-0.15, -0.1) is 0 Å². The van der Waals surface area contributed by atoms with Crippen LogP contribution in [0, 0.1) is 28.6 Å². The topological polar surface area (TPSA) is 3.24 Å². The Kier molecular flexibility index (Phi) is 2.16. The minimum atomic E-state index is 0.343. The van der Waals surface area contributed by atoms with Gasteiger partial charge in [0.05, 0.1) is 0 Å². The van der Waals surface area contributed by atoms with Gasteiger partial charge in [-0.1, -0.05) is 20.8 Å². The molecule has 0 N–H and O–H groups in total. The molecule has 1 aliphatic heterocycles. The molecule has 1 spiro atoms. The molecule has 19 heavy (non-hydrogen) atoms.